The lowest BCUT2D eigenvalue weighted by molar-refractivity contribution is 0.0667. The number of fused-ring (bicyclic) bond motifs is 1. The van der Waals surface area contributed by atoms with Crippen LogP contribution < -0.4 is 5.32 Å². The lowest BCUT2D eigenvalue weighted by atomic mass is 9.92. The van der Waals surface area contributed by atoms with E-state index in [4.69, 9.17) is 16.3 Å². The quantitative estimate of drug-likeness (QED) is 0.850. The van der Waals surface area contributed by atoms with Crippen molar-refractivity contribution in [1.29, 1.82) is 0 Å². The Bertz CT molecular complexity index is 537. The molecule has 1 N–H and O–H groups in total. The third-order valence-electron chi connectivity index (χ3n) is 3.31. The molecule has 2 aromatic rings. The highest BCUT2D eigenvalue weighted by atomic mass is 35.5. The molecule has 2 aromatic heterocycles. The molecule has 0 aliphatic carbocycles. The van der Waals surface area contributed by atoms with Gasteiger partial charge < -0.3 is 10.1 Å². The van der Waals surface area contributed by atoms with Gasteiger partial charge in [0.25, 0.3) is 0 Å². The highest BCUT2D eigenvalue weighted by molar-refractivity contribution is 6.18. The summed E-state index contributed by atoms with van der Waals surface area (Å²) in [7, 11) is 0. The van der Waals surface area contributed by atoms with Gasteiger partial charge in [-0.2, -0.15) is 0 Å². The van der Waals surface area contributed by atoms with Gasteiger partial charge in [0.05, 0.1) is 5.54 Å². The molecule has 0 radical (unpaired) electrons. The highest BCUT2D eigenvalue weighted by Gasteiger charge is 2.32. The van der Waals surface area contributed by atoms with Gasteiger partial charge in [-0.3, -0.25) is 4.40 Å². The Morgan fingerprint density at radius 2 is 2.28 bits per heavy atom. The zero-order valence-electron chi connectivity index (χ0n) is 9.84. The van der Waals surface area contributed by atoms with E-state index in [2.05, 4.69) is 20.5 Å². The predicted octanol–water partition coefficient (Wildman–Crippen LogP) is 1.32. The van der Waals surface area contributed by atoms with Gasteiger partial charge in [-0.25, -0.2) is 4.98 Å². The zero-order valence-corrected chi connectivity index (χ0v) is 10.6. The molecule has 0 spiro atoms. The maximum absolute atomic E-state index is 6.12. The van der Waals surface area contributed by atoms with Crippen molar-refractivity contribution in [1.82, 2.24) is 19.6 Å². The van der Waals surface area contributed by atoms with Crippen LogP contribution in [0.25, 0.3) is 5.65 Å². The molecule has 0 aromatic carbocycles. The van der Waals surface area contributed by atoms with Crippen LogP contribution in [0, 0.1) is 0 Å². The SMILES string of the molecule is ClCC1(Nc2nccn3cnnc23)CCOCC1. The number of nitrogens with zero attached hydrogens (tertiary/aromatic N) is 4. The molecule has 3 heterocycles. The molecule has 0 amide bonds. The molecule has 1 saturated heterocycles. The topological polar surface area (TPSA) is 64.3 Å². The van der Waals surface area contributed by atoms with Gasteiger partial charge in [-0.05, 0) is 12.8 Å². The Kier molecular flexibility index (Phi) is 3.05. The molecule has 1 fully saturated rings. The number of aromatic nitrogens is 4. The van der Waals surface area contributed by atoms with Crippen LogP contribution in [-0.4, -0.2) is 44.2 Å². The molecule has 0 atom stereocenters. The maximum atomic E-state index is 6.12. The molecule has 0 bridgehead atoms. The summed E-state index contributed by atoms with van der Waals surface area (Å²) in [6, 6.07) is 0. The number of anilines is 1. The first-order chi connectivity index (χ1) is 8.83. The number of rotatable bonds is 3. The number of hydrogen-bond acceptors (Lipinski definition) is 5. The first-order valence-electron chi connectivity index (χ1n) is 5.89. The van der Waals surface area contributed by atoms with Crippen molar-refractivity contribution in [2.45, 2.75) is 18.4 Å². The van der Waals surface area contributed by atoms with Crippen LogP contribution in [0.2, 0.25) is 0 Å². The molecule has 1 aliphatic rings. The van der Waals surface area contributed by atoms with E-state index in [0.29, 0.717) is 11.5 Å². The first-order valence-corrected chi connectivity index (χ1v) is 6.43. The summed E-state index contributed by atoms with van der Waals surface area (Å²) in [4.78, 5) is 4.33. The van der Waals surface area contributed by atoms with Crippen LogP contribution >= 0.6 is 11.6 Å². The van der Waals surface area contributed by atoms with E-state index in [-0.39, 0.29) is 5.54 Å². The van der Waals surface area contributed by atoms with E-state index in [9.17, 15) is 0 Å². The average Bonchev–Trinajstić information content (AvgIpc) is 2.89. The monoisotopic (exact) mass is 267 g/mol. The maximum Gasteiger partial charge on any atom is 0.203 e. The fraction of sp³-hybridized carbons (Fsp3) is 0.545. The van der Waals surface area contributed by atoms with E-state index in [1.165, 1.54) is 0 Å². The van der Waals surface area contributed by atoms with Crippen LogP contribution in [0.3, 0.4) is 0 Å². The third-order valence-corrected chi connectivity index (χ3v) is 3.82. The van der Waals surface area contributed by atoms with E-state index in [1.54, 1.807) is 12.5 Å². The van der Waals surface area contributed by atoms with Gasteiger partial charge in [0.2, 0.25) is 5.65 Å². The molecule has 96 valence electrons. The number of nitrogens with one attached hydrogen (secondary N) is 1. The molecule has 7 heteroatoms. The van der Waals surface area contributed by atoms with Gasteiger partial charge >= 0.3 is 0 Å². The van der Waals surface area contributed by atoms with E-state index >= 15 is 0 Å². The molecule has 0 unspecified atom stereocenters. The normalized spacial score (nSPS) is 18.9. The number of alkyl halides is 1. The molecular weight excluding hydrogens is 254 g/mol. The summed E-state index contributed by atoms with van der Waals surface area (Å²) in [5.74, 6) is 1.24. The smallest absolute Gasteiger partial charge is 0.203 e. The van der Waals surface area contributed by atoms with Gasteiger partial charge in [-0.15, -0.1) is 21.8 Å². The minimum atomic E-state index is -0.166. The molecular formula is C11H14ClN5O. The van der Waals surface area contributed by atoms with Crippen molar-refractivity contribution in [3.8, 4) is 0 Å². The summed E-state index contributed by atoms with van der Waals surface area (Å²) >= 11 is 6.12. The third kappa shape index (κ3) is 2.02. The van der Waals surface area contributed by atoms with Crippen LogP contribution in [0.4, 0.5) is 5.82 Å². The second-order valence-corrected chi connectivity index (χ2v) is 4.76. The van der Waals surface area contributed by atoms with E-state index in [0.717, 1.165) is 31.9 Å². The molecule has 0 saturated carbocycles. The predicted molar refractivity (Wildman–Crippen MR) is 67.9 cm³/mol. The van der Waals surface area contributed by atoms with Crippen LogP contribution in [0.15, 0.2) is 18.7 Å². The van der Waals surface area contributed by atoms with Crippen molar-refractivity contribution >= 4 is 23.1 Å². The van der Waals surface area contributed by atoms with Crippen molar-refractivity contribution in [2.24, 2.45) is 0 Å². The fourth-order valence-electron chi connectivity index (χ4n) is 2.15. The minimum Gasteiger partial charge on any atom is -0.381 e. The number of ether oxygens (including phenoxy) is 1. The summed E-state index contributed by atoms with van der Waals surface area (Å²) < 4.78 is 7.21. The average molecular weight is 268 g/mol. The second kappa shape index (κ2) is 4.70. The summed E-state index contributed by atoms with van der Waals surface area (Å²) in [6.07, 6.45) is 6.93. The molecule has 18 heavy (non-hydrogen) atoms. The van der Waals surface area contributed by atoms with Crippen molar-refractivity contribution in [3.63, 3.8) is 0 Å². The van der Waals surface area contributed by atoms with Gasteiger partial charge in [0.1, 0.15) is 6.33 Å². The summed E-state index contributed by atoms with van der Waals surface area (Å²) in [6.45, 7) is 1.44. The largest absolute Gasteiger partial charge is 0.381 e. The van der Waals surface area contributed by atoms with Crippen molar-refractivity contribution < 1.29 is 4.74 Å². The zero-order chi connectivity index (χ0) is 12.4. The Morgan fingerprint density at radius 3 is 3.06 bits per heavy atom. The highest BCUT2D eigenvalue weighted by Crippen LogP contribution is 2.27. The number of hydrogen-bond donors (Lipinski definition) is 1. The van der Waals surface area contributed by atoms with Gasteiger partial charge in [-0.1, -0.05) is 0 Å². The summed E-state index contributed by atoms with van der Waals surface area (Å²) in [5.41, 5.74) is 0.550. The molecule has 6 nitrogen and oxygen atoms in total. The van der Waals surface area contributed by atoms with E-state index < -0.39 is 0 Å². The molecule has 1 aliphatic heterocycles. The van der Waals surface area contributed by atoms with Crippen LogP contribution in [0.5, 0.6) is 0 Å². The minimum absolute atomic E-state index is 0.166. The molecule has 3 rings (SSSR count). The standard InChI is InChI=1S/C11H14ClN5O/c12-7-11(1-5-18-6-2-11)15-9-10-16-14-8-17(10)4-3-13-9/h3-4,8H,1-2,5-7H2,(H,13,15). The Balaban J connectivity index is 1.92. The Labute approximate surface area is 109 Å². The van der Waals surface area contributed by atoms with E-state index in [1.807, 2.05) is 10.6 Å². The Morgan fingerprint density at radius 1 is 1.44 bits per heavy atom. The van der Waals surface area contributed by atoms with Crippen LogP contribution in [-0.2, 0) is 4.74 Å². The fourth-order valence-corrected chi connectivity index (χ4v) is 2.49. The Hall–Kier alpha value is -1.40. The van der Waals surface area contributed by atoms with Gasteiger partial charge in [0.15, 0.2) is 5.82 Å². The number of halogens is 1. The lowest BCUT2D eigenvalue weighted by Gasteiger charge is -2.36. The van der Waals surface area contributed by atoms with Gasteiger partial charge in [0, 0.05) is 31.5 Å². The summed E-state index contributed by atoms with van der Waals surface area (Å²) in [5, 5.41) is 11.4. The lowest BCUT2D eigenvalue weighted by Crippen LogP contribution is -2.45. The second-order valence-electron chi connectivity index (χ2n) is 4.49. The van der Waals surface area contributed by atoms with Crippen molar-refractivity contribution in [2.75, 3.05) is 24.4 Å². The van der Waals surface area contributed by atoms with Crippen LogP contribution in [0.1, 0.15) is 12.8 Å². The first kappa shape index (κ1) is 11.7. The van der Waals surface area contributed by atoms with Crippen molar-refractivity contribution in [3.05, 3.63) is 18.7 Å².